The fourth-order valence-corrected chi connectivity index (χ4v) is 2.75. The van der Waals surface area contributed by atoms with Gasteiger partial charge in [-0.3, -0.25) is 0 Å². The zero-order chi connectivity index (χ0) is 14.5. The van der Waals surface area contributed by atoms with Gasteiger partial charge in [0.05, 0.1) is 0 Å². The maximum absolute atomic E-state index is 4.35. The summed E-state index contributed by atoms with van der Waals surface area (Å²) in [4.78, 5) is 11.0. The van der Waals surface area contributed by atoms with Crippen molar-refractivity contribution in [1.29, 1.82) is 0 Å². The van der Waals surface area contributed by atoms with E-state index in [0.29, 0.717) is 6.04 Å². The molecule has 2 heterocycles. The topological polar surface area (TPSA) is 41.0 Å². The van der Waals surface area contributed by atoms with Crippen molar-refractivity contribution in [1.82, 2.24) is 15.3 Å². The predicted molar refractivity (Wildman–Crippen MR) is 85.3 cm³/mol. The fourth-order valence-electron chi connectivity index (χ4n) is 2.75. The van der Waals surface area contributed by atoms with Gasteiger partial charge in [0.2, 0.25) is 5.95 Å². The average Bonchev–Trinajstić information content (AvgIpc) is 2.55. The number of hydrogen-bond donors (Lipinski definition) is 1. The third-order valence-electron chi connectivity index (χ3n) is 3.97. The molecule has 1 aromatic heterocycles. The number of nitrogens with zero attached hydrogens (tertiary/aromatic N) is 3. The van der Waals surface area contributed by atoms with Gasteiger partial charge in [0.15, 0.2) is 0 Å². The maximum Gasteiger partial charge on any atom is 0.225 e. The zero-order valence-corrected chi connectivity index (χ0v) is 12.5. The van der Waals surface area contributed by atoms with Crippen LogP contribution in [0.3, 0.4) is 0 Å². The van der Waals surface area contributed by atoms with E-state index in [9.17, 15) is 0 Å². The molecule has 1 aliphatic rings. The van der Waals surface area contributed by atoms with Gasteiger partial charge < -0.3 is 10.2 Å². The second kappa shape index (κ2) is 6.68. The first-order chi connectivity index (χ1) is 10.3. The number of piperidine rings is 1. The summed E-state index contributed by atoms with van der Waals surface area (Å²) in [6.07, 6.45) is 6.02. The third kappa shape index (κ3) is 3.79. The van der Waals surface area contributed by atoms with Crippen LogP contribution in [0.5, 0.6) is 0 Å². The highest BCUT2D eigenvalue weighted by atomic mass is 15.3. The van der Waals surface area contributed by atoms with E-state index in [1.54, 1.807) is 0 Å². The Morgan fingerprint density at radius 1 is 1.19 bits per heavy atom. The van der Waals surface area contributed by atoms with Crippen LogP contribution in [0.2, 0.25) is 0 Å². The number of aromatic nitrogens is 2. The number of rotatable bonds is 4. The molecule has 0 spiro atoms. The first-order valence-corrected chi connectivity index (χ1v) is 7.62. The molecule has 1 atom stereocenters. The summed E-state index contributed by atoms with van der Waals surface area (Å²) in [5.74, 6) is 0.847. The Labute approximate surface area is 126 Å². The highest BCUT2D eigenvalue weighted by Gasteiger charge is 2.20. The van der Waals surface area contributed by atoms with Gasteiger partial charge in [-0.25, -0.2) is 9.97 Å². The molecule has 0 amide bonds. The number of benzene rings is 1. The maximum atomic E-state index is 4.35. The monoisotopic (exact) mass is 282 g/mol. The molecule has 1 aromatic carbocycles. The van der Waals surface area contributed by atoms with Crippen molar-refractivity contribution in [2.75, 3.05) is 18.0 Å². The molecule has 1 saturated heterocycles. The van der Waals surface area contributed by atoms with Gasteiger partial charge in [0.1, 0.15) is 0 Å². The van der Waals surface area contributed by atoms with E-state index in [1.807, 2.05) is 18.5 Å². The van der Waals surface area contributed by atoms with E-state index in [-0.39, 0.29) is 0 Å². The average molecular weight is 282 g/mol. The van der Waals surface area contributed by atoms with Crippen molar-refractivity contribution < 1.29 is 0 Å². The van der Waals surface area contributed by atoms with Crippen molar-refractivity contribution in [3.8, 4) is 0 Å². The van der Waals surface area contributed by atoms with E-state index in [1.165, 1.54) is 24.0 Å². The minimum absolute atomic E-state index is 0.504. The Morgan fingerprint density at radius 3 is 2.71 bits per heavy atom. The Hall–Kier alpha value is -1.94. The molecular formula is C17H22N4. The molecule has 1 aliphatic heterocycles. The number of hydrogen-bond acceptors (Lipinski definition) is 4. The van der Waals surface area contributed by atoms with Crippen molar-refractivity contribution >= 4 is 5.95 Å². The van der Waals surface area contributed by atoms with Crippen molar-refractivity contribution in [3.63, 3.8) is 0 Å². The van der Waals surface area contributed by atoms with Crippen LogP contribution in [-0.4, -0.2) is 29.1 Å². The van der Waals surface area contributed by atoms with Gasteiger partial charge >= 0.3 is 0 Å². The lowest BCUT2D eigenvalue weighted by molar-refractivity contribution is 0.418. The minimum Gasteiger partial charge on any atom is -0.339 e. The fraction of sp³-hybridized carbons (Fsp3) is 0.412. The van der Waals surface area contributed by atoms with Crippen LogP contribution in [0, 0.1) is 6.92 Å². The summed E-state index contributed by atoms with van der Waals surface area (Å²) in [7, 11) is 0. The van der Waals surface area contributed by atoms with E-state index < -0.39 is 0 Å². The van der Waals surface area contributed by atoms with Crippen LogP contribution in [0.15, 0.2) is 42.7 Å². The Kier molecular flexibility index (Phi) is 4.46. The van der Waals surface area contributed by atoms with Crippen molar-refractivity contribution in [2.45, 2.75) is 32.4 Å². The van der Waals surface area contributed by atoms with E-state index in [2.05, 4.69) is 51.4 Å². The summed E-state index contributed by atoms with van der Waals surface area (Å²) in [5.41, 5.74) is 2.65. The van der Waals surface area contributed by atoms with Crippen LogP contribution < -0.4 is 10.2 Å². The summed E-state index contributed by atoms with van der Waals surface area (Å²) >= 11 is 0. The van der Waals surface area contributed by atoms with Crippen LogP contribution in [-0.2, 0) is 6.54 Å². The Bertz CT molecular complexity index is 553. The molecule has 1 fully saturated rings. The summed E-state index contributed by atoms with van der Waals surface area (Å²) in [5, 5.41) is 3.66. The quantitative estimate of drug-likeness (QED) is 0.935. The van der Waals surface area contributed by atoms with Gasteiger partial charge in [-0.15, -0.1) is 0 Å². The lowest BCUT2D eigenvalue weighted by Gasteiger charge is -2.33. The van der Waals surface area contributed by atoms with E-state index >= 15 is 0 Å². The SMILES string of the molecule is Cc1ccc(CNC2CCCN(c3ncccn3)C2)cc1. The van der Waals surface area contributed by atoms with Crippen LogP contribution in [0.25, 0.3) is 0 Å². The third-order valence-corrected chi connectivity index (χ3v) is 3.97. The van der Waals surface area contributed by atoms with Crippen LogP contribution >= 0.6 is 0 Å². The molecule has 0 bridgehead atoms. The van der Waals surface area contributed by atoms with Gasteiger partial charge in [-0.2, -0.15) is 0 Å². The molecule has 1 unspecified atom stereocenters. The summed E-state index contributed by atoms with van der Waals surface area (Å²) in [6.45, 7) is 5.08. The lowest BCUT2D eigenvalue weighted by atomic mass is 10.1. The molecule has 21 heavy (non-hydrogen) atoms. The molecule has 3 rings (SSSR count). The zero-order valence-electron chi connectivity index (χ0n) is 12.5. The van der Waals surface area contributed by atoms with Crippen LogP contribution in [0.4, 0.5) is 5.95 Å². The number of anilines is 1. The van der Waals surface area contributed by atoms with E-state index in [0.717, 1.165) is 25.6 Å². The van der Waals surface area contributed by atoms with Gasteiger partial charge in [0, 0.05) is 38.1 Å². The molecule has 0 radical (unpaired) electrons. The summed E-state index contributed by atoms with van der Waals surface area (Å²) < 4.78 is 0. The van der Waals surface area contributed by atoms with Crippen molar-refractivity contribution in [3.05, 3.63) is 53.9 Å². The van der Waals surface area contributed by atoms with Crippen molar-refractivity contribution in [2.24, 2.45) is 0 Å². The molecule has 4 nitrogen and oxygen atoms in total. The van der Waals surface area contributed by atoms with Gasteiger partial charge in [0.25, 0.3) is 0 Å². The first-order valence-electron chi connectivity index (χ1n) is 7.62. The Morgan fingerprint density at radius 2 is 1.95 bits per heavy atom. The standard InChI is InChI=1S/C17H22N4/c1-14-5-7-15(8-6-14)12-20-16-4-2-11-21(13-16)17-18-9-3-10-19-17/h3,5-10,16,20H,2,4,11-13H2,1H3. The Balaban J connectivity index is 1.55. The van der Waals surface area contributed by atoms with Gasteiger partial charge in [-0.05, 0) is 31.4 Å². The smallest absolute Gasteiger partial charge is 0.225 e. The second-order valence-corrected chi connectivity index (χ2v) is 5.70. The molecule has 110 valence electrons. The lowest BCUT2D eigenvalue weighted by Crippen LogP contribution is -2.46. The predicted octanol–water partition coefficient (Wildman–Crippen LogP) is 2.54. The summed E-state index contributed by atoms with van der Waals surface area (Å²) in [6, 6.07) is 11.1. The highest BCUT2D eigenvalue weighted by Crippen LogP contribution is 2.15. The highest BCUT2D eigenvalue weighted by molar-refractivity contribution is 5.29. The first kappa shape index (κ1) is 14.0. The van der Waals surface area contributed by atoms with Crippen LogP contribution in [0.1, 0.15) is 24.0 Å². The number of nitrogens with one attached hydrogen (secondary N) is 1. The largest absolute Gasteiger partial charge is 0.339 e. The molecule has 1 N–H and O–H groups in total. The second-order valence-electron chi connectivity index (χ2n) is 5.70. The molecule has 0 aliphatic carbocycles. The normalized spacial score (nSPS) is 18.7. The number of aryl methyl sites for hydroxylation is 1. The van der Waals surface area contributed by atoms with Gasteiger partial charge in [-0.1, -0.05) is 29.8 Å². The van der Waals surface area contributed by atoms with E-state index in [4.69, 9.17) is 0 Å². The molecular weight excluding hydrogens is 260 g/mol. The molecule has 2 aromatic rings. The minimum atomic E-state index is 0.504. The molecule has 4 heteroatoms. The molecule has 0 saturated carbocycles.